The van der Waals surface area contributed by atoms with Gasteiger partial charge in [0, 0.05) is 43.9 Å². The van der Waals surface area contributed by atoms with E-state index in [1.165, 1.54) is 17.5 Å². The van der Waals surface area contributed by atoms with Crippen LogP contribution in [0.4, 0.5) is 11.8 Å². The molecule has 23 heavy (non-hydrogen) atoms. The van der Waals surface area contributed by atoms with Crippen molar-refractivity contribution in [2.75, 3.05) is 55.7 Å². The zero-order valence-electron chi connectivity index (χ0n) is 13.7. The van der Waals surface area contributed by atoms with Gasteiger partial charge in [0.05, 0.1) is 5.52 Å². The van der Waals surface area contributed by atoms with Crippen LogP contribution in [0.2, 0.25) is 0 Å². The Labute approximate surface area is 141 Å². The zero-order chi connectivity index (χ0) is 16.2. The van der Waals surface area contributed by atoms with Crippen molar-refractivity contribution in [1.82, 2.24) is 14.9 Å². The van der Waals surface area contributed by atoms with Gasteiger partial charge < -0.3 is 15.1 Å². The van der Waals surface area contributed by atoms with Gasteiger partial charge in [0.1, 0.15) is 5.82 Å². The first-order valence-electron chi connectivity index (χ1n) is 7.95. The summed E-state index contributed by atoms with van der Waals surface area (Å²) >= 11 is 1.34. The number of rotatable bonds is 5. The number of likely N-dealkylation sites (N-methyl/N-ethyl adjacent to an activating group) is 1. The standard InChI is InChI=1S/C16H24N6S/c1-12-3-4-14-13(11-12)15(18-5-10-23-17)20-16(19-14)22-8-6-21(2)7-9-22/h3-4,11H,5-10,17H2,1-2H3,(H,18,19,20). The molecule has 0 spiro atoms. The minimum absolute atomic E-state index is 0.795. The second-order valence-corrected chi connectivity index (χ2v) is 6.72. The van der Waals surface area contributed by atoms with Crippen LogP contribution in [0.15, 0.2) is 18.2 Å². The minimum Gasteiger partial charge on any atom is -0.369 e. The fourth-order valence-electron chi connectivity index (χ4n) is 2.74. The van der Waals surface area contributed by atoms with Crippen molar-refractivity contribution in [3.05, 3.63) is 23.8 Å². The molecule has 6 nitrogen and oxygen atoms in total. The molecular formula is C16H24N6S. The van der Waals surface area contributed by atoms with Gasteiger partial charge in [0.15, 0.2) is 0 Å². The van der Waals surface area contributed by atoms with Crippen LogP contribution in [0.3, 0.4) is 0 Å². The highest BCUT2D eigenvalue weighted by Gasteiger charge is 2.18. The number of anilines is 2. The summed E-state index contributed by atoms with van der Waals surface area (Å²) in [4.78, 5) is 14.2. The number of aryl methyl sites for hydroxylation is 1. The molecule has 3 N–H and O–H groups in total. The average Bonchev–Trinajstić information content (AvgIpc) is 2.56. The average molecular weight is 332 g/mol. The molecule has 1 saturated heterocycles. The summed E-state index contributed by atoms with van der Waals surface area (Å²) in [7, 11) is 2.15. The van der Waals surface area contributed by atoms with Gasteiger partial charge in [-0.05, 0) is 26.1 Å². The Morgan fingerprint density at radius 3 is 2.74 bits per heavy atom. The Balaban J connectivity index is 1.94. The molecule has 1 aromatic heterocycles. The van der Waals surface area contributed by atoms with E-state index in [0.717, 1.165) is 61.1 Å². The molecule has 124 valence electrons. The van der Waals surface area contributed by atoms with Crippen molar-refractivity contribution >= 4 is 34.6 Å². The van der Waals surface area contributed by atoms with Gasteiger partial charge in [-0.15, -0.1) is 0 Å². The maximum Gasteiger partial charge on any atom is 0.227 e. The third-order valence-corrected chi connectivity index (χ3v) is 4.58. The van der Waals surface area contributed by atoms with Crippen LogP contribution in [0.1, 0.15) is 5.56 Å². The monoisotopic (exact) mass is 332 g/mol. The minimum atomic E-state index is 0.795. The molecule has 0 aliphatic carbocycles. The van der Waals surface area contributed by atoms with Gasteiger partial charge in [-0.3, -0.25) is 5.14 Å². The smallest absolute Gasteiger partial charge is 0.227 e. The molecule has 1 aromatic carbocycles. The maximum atomic E-state index is 5.52. The first-order valence-corrected chi connectivity index (χ1v) is 8.99. The topological polar surface area (TPSA) is 70.3 Å². The summed E-state index contributed by atoms with van der Waals surface area (Å²) in [5, 5.41) is 10.0. The Kier molecular flexibility index (Phi) is 5.20. The zero-order valence-corrected chi connectivity index (χ0v) is 14.6. The molecule has 2 aromatic rings. The van der Waals surface area contributed by atoms with E-state index in [9.17, 15) is 0 Å². The second kappa shape index (κ2) is 7.33. The summed E-state index contributed by atoms with van der Waals surface area (Å²) in [6.45, 7) is 6.90. The summed E-state index contributed by atoms with van der Waals surface area (Å²) in [6, 6.07) is 6.32. The Morgan fingerprint density at radius 2 is 2.00 bits per heavy atom. The van der Waals surface area contributed by atoms with E-state index in [4.69, 9.17) is 15.1 Å². The highest BCUT2D eigenvalue weighted by atomic mass is 32.2. The quantitative estimate of drug-likeness (QED) is 0.638. The first-order chi connectivity index (χ1) is 11.2. The predicted octanol–water partition coefficient (Wildman–Crippen LogP) is 1.71. The fourth-order valence-corrected chi connectivity index (χ4v) is 2.96. The summed E-state index contributed by atoms with van der Waals surface area (Å²) in [5.41, 5.74) is 2.20. The number of nitrogens with two attached hydrogens (primary N) is 1. The highest BCUT2D eigenvalue weighted by Crippen LogP contribution is 2.25. The molecule has 0 amide bonds. The van der Waals surface area contributed by atoms with Crippen LogP contribution in [0.5, 0.6) is 0 Å². The third kappa shape index (κ3) is 3.85. The fraction of sp³-hybridized carbons (Fsp3) is 0.500. The van der Waals surface area contributed by atoms with Crippen molar-refractivity contribution in [3.63, 3.8) is 0 Å². The summed E-state index contributed by atoms with van der Waals surface area (Å²) < 4.78 is 0. The lowest BCUT2D eigenvalue weighted by Crippen LogP contribution is -2.45. The Bertz CT molecular complexity index is 669. The molecule has 7 heteroatoms. The lowest BCUT2D eigenvalue weighted by Gasteiger charge is -2.32. The van der Waals surface area contributed by atoms with E-state index in [1.807, 2.05) is 0 Å². The molecule has 2 heterocycles. The normalized spacial score (nSPS) is 16.0. The van der Waals surface area contributed by atoms with Gasteiger partial charge in [0.25, 0.3) is 0 Å². The van der Waals surface area contributed by atoms with Crippen LogP contribution in [-0.2, 0) is 0 Å². The van der Waals surface area contributed by atoms with Gasteiger partial charge >= 0.3 is 0 Å². The number of hydrogen-bond donors (Lipinski definition) is 2. The molecule has 0 bridgehead atoms. The van der Waals surface area contributed by atoms with E-state index >= 15 is 0 Å². The first kappa shape index (κ1) is 16.3. The second-order valence-electron chi connectivity index (χ2n) is 5.98. The Hall–Kier alpha value is -1.57. The molecule has 0 unspecified atom stereocenters. The number of benzene rings is 1. The van der Waals surface area contributed by atoms with Crippen LogP contribution in [0.25, 0.3) is 10.9 Å². The lowest BCUT2D eigenvalue weighted by molar-refractivity contribution is 0.311. The van der Waals surface area contributed by atoms with Crippen LogP contribution in [-0.4, -0.2) is 60.4 Å². The van der Waals surface area contributed by atoms with Crippen LogP contribution >= 0.6 is 11.9 Å². The van der Waals surface area contributed by atoms with Gasteiger partial charge in [-0.2, -0.15) is 4.98 Å². The number of hydrogen-bond acceptors (Lipinski definition) is 7. The number of aromatic nitrogens is 2. The number of piperazine rings is 1. The van der Waals surface area contributed by atoms with Gasteiger partial charge in [-0.25, -0.2) is 4.98 Å². The van der Waals surface area contributed by atoms with E-state index in [2.05, 4.69) is 47.3 Å². The lowest BCUT2D eigenvalue weighted by atomic mass is 10.1. The maximum absolute atomic E-state index is 5.52. The van der Waals surface area contributed by atoms with Crippen molar-refractivity contribution in [1.29, 1.82) is 0 Å². The number of nitrogens with zero attached hydrogens (tertiary/aromatic N) is 4. The molecule has 1 aliphatic rings. The number of nitrogens with one attached hydrogen (secondary N) is 1. The molecule has 3 rings (SSSR count). The largest absolute Gasteiger partial charge is 0.369 e. The predicted molar refractivity (Wildman–Crippen MR) is 99.1 cm³/mol. The van der Waals surface area contributed by atoms with Gasteiger partial charge in [0.2, 0.25) is 5.95 Å². The summed E-state index contributed by atoms with van der Waals surface area (Å²) in [5.74, 6) is 2.57. The molecule has 0 radical (unpaired) electrons. The SMILES string of the molecule is Cc1ccc2nc(N3CCN(C)CC3)nc(NCCSN)c2c1. The van der Waals surface area contributed by atoms with Crippen molar-refractivity contribution in [2.24, 2.45) is 5.14 Å². The molecule has 1 fully saturated rings. The van der Waals surface area contributed by atoms with E-state index in [1.54, 1.807) is 0 Å². The highest BCUT2D eigenvalue weighted by molar-refractivity contribution is 7.97. The van der Waals surface area contributed by atoms with Crippen molar-refractivity contribution in [2.45, 2.75) is 6.92 Å². The van der Waals surface area contributed by atoms with Crippen molar-refractivity contribution < 1.29 is 0 Å². The third-order valence-electron chi connectivity index (χ3n) is 4.14. The van der Waals surface area contributed by atoms with Crippen LogP contribution in [0, 0.1) is 6.92 Å². The molecule has 0 atom stereocenters. The summed E-state index contributed by atoms with van der Waals surface area (Å²) in [6.07, 6.45) is 0. The molecule has 1 aliphatic heterocycles. The van der Waals surface area contributed by atoms with E-state index in [0.29, 0.717) is 0 Å². The Morgan fingerprint density at radius 1 is 1.22 bits per heavy atom. The van der Waals surface area contributed by atoms with Crippen molar-refractivity contribution in [3.8, 4) is 0 Å². The van der Waals surface area contributed by atoms with Gasteiger partial charge in [-0.1, -0.05) is 23.6 Å². The molecule has 0 saturated carbocycles. The van der Waals surface area contributed by atoms with Crippen LogP contribution < -0.4 is 15.4 Å². The van der Waals surface area contributed by atoms with E-state index in [-0.39, 0.29) is 0 Å². The van der Waals surface area contributed by atoms with E-state index < -0.39 is 0 Å². The molecular weight excluding hydrogens is 308 g/mol. The number of fused-ring (bicyclic) bond motifs is 1.